The fourth-order valence-corrected chi connectivity index (χ4v) is 1.57. The maximum absolute atomic E-state index is 13.1. The summed E-state index contributed by atoms with van der Waals surface area (Å²) in [6.07, 6.45) is 0.509. The molecule has 0 aliphatic carbocycles. The van der Waals surface area contributed by atoms with Gasteiger partial charge in [-0.3, -0.25) is 0 Å². The minimum absolute atomic E-state index is 0.0981. The van der Waals surface area contributed by atoms with Crippen LogP contribution in [-0.2, 0) is 6.42 Å². The topological polar surface area (TPSA) is 93.5 Å². The van der Waals surface area contributed by atoms with Crippen molar-refractivity contribution in [2.75, 3.05) is 5.32 Å². The van der Waals surface area contributed by atoms with Gasteiger partial charge in [0.15, 0.2) is 5.96 Å². The number of anilines is 1. The highest BCUT2D eigenvalue weighted by Gasteiger charge is 2.11. The predicted molar refractivity (Wildman–Crippen MR) is 65.6 cm³/mol. The molecule has 1 rings (SSSR count). The van der Waals surface area contributed by atoms with Crippen LogP contribution in [0.2, 0.25) is 5.02 Å². The fraction of sp³-hybridized carbons (Fsp3) is 0.200. The lowest BCUT2D eigenvalue weighted by molar-refractivity contribution is 0.259. The third-order valence-electron chi connectivity index (χ3n) is 1.98. The molecule has 0 aliphatic rings. The lowest BCUT2D eigenvalue weighted by Gasteiger charge is -2.10. The molecular weight excluding hydrogens is 247 g/mol. The average Bonchev–Trinajstić information content (AvgIpc) is 2.20. The van der Waals surface area contributed by atoms with Crippen molar-refractivity contribution >= 4 is 29.3 Å². The number of guanidine groups is 1. The zero-order valence-electron chi connectivity index (χ0n) is 9.13. The van der Waals surface area contributed by atoms with E-state index in [1.165, 1.54) is 6.07 Å². The first-order valence-corrected chi connectivity index (χ1v) is 5.20. The number of nitrogens with one attached hydrogen (secondary N) is 1. The molecule has 0 aromatic heterocycles. The summed E-state index contributed by atoms with van der Waals surface area (Å²) in [5, 5.41) is 2.50. The monoisotopic (exact) mass is 258 g/mol. The molecule has 0 unspecified atom stereocenters. The zero-order chi connectivity index (χ0) is 13.0. The Labute approximate surface area is 103 Å². The van der Waals surface area contributed by atoms with Gasteiger partial charge in [-0.15, -0.1) is 0 Å². The van der Waals surface area contributed by atoms with Crippen LogP contribution < -0.4 is 16.8 Å². The highest BCUT2D eigenvalue weighted by Crippen LogP contribution is 2.28. The number of aliphatic imine (C=N–C) groups is 1. The molecule has 17 heavy (non-hydrogen) atoms. The molecule has 5 N–H and O–H groups in total. The van der Waals surface area contributed by atoms with Gasteiger partial charge in [-0.1, -0.05) is 18.5 Å². The Morgan fingerprint density at radius 1 is 1.53 bits per heavy atom. The van der Waals surface area contributed by atoms with Crippen molar-refractivity contribution in [2.45, 2.75) is 13.3 Å². The Kier molecular flexibility index (Phi) is 4.28. The van der Waals surface area contributed by atoms with Crippen LogP contribution in [0, 0.1) is 5.82 Å². The fourth-order valence-electron chi connectivity index (χ4n) is 1.30. The first-order valence-electron chi connectivity index (χ1n) is 4.82. The smallest absolute Gasteiger partial charge is 0.348 e. The summed E-state index contributed by atoms with van der Waals surface area (Å²) in [6, 6.07) is 1.64. The van der Waals surface area contributed by atoms with E-state index in [1.807, 2.05) is 0 Å². The van der Waals surface area contributed by atoms with E-state index in [2.05, 4.69) is 10.3 Å². The molecule has 0 aliphatic heterocycles. The van der Waals surface area contributed by atoms with Crippen molar-refractivity contribution in [1.29, 1.82) is 0 Å². The summed E-state index contributed by atoms with van der Waals surface area (Å²) in [4.78, 5) is 14.6. The van der Waals surface area contributed by atoms with Crippen LogP contribution in [0.5, 0.6) is 0 Å². The predicted octanol–water partition coefficient (Wildman–Crippen LogP) is 1.85. The van der Waals surface area contributed by atoms with Gasteiger partial charge in [0.05, 0.1) is 10.7 Å². The maximum atomic E-state index is 13.1. The van der Waals surface area contributed by atoms with Crippen molar-refractivity contribution in [3.05, 3.63) is 28.5 Å². The molecule has 1 aromatic rings. The molecule has 0 spiro atoms. The van der Waals surface area contributed by atoms with Crippen molar-refractivity contribution in [2.24, 2.45) is 16.5 Å². The molecule has 7 heteroatoms. The molecule has 0 radical (unpaired) electrons. The van der Waals surface area contributed by atoms with Crippen LogP contribution >= 0.6 is 11.6 Å². The van der Waals surface area contributed by atoms with Crippen LogP contribution in [-0.4, -0.2) is 12.0 Å². The lowest BCUT2D eigenvalue weighted by Crippen LogP contribution is -2.25. The number of hydrogen-bond donors (Lipinski definition) is 3. The van der Waals surface area contributed by atoms with Crippen molar-refractivity contribution in [1.82, 2.24) is 0 Å². The maximum Gasteiger partial charge on any atom is 0.348 e. The molecule has 92 valence electrons. The van der Waals surface area contributed by atoms with E-state index in [0.29, 0.717) is 17.7 Å². The van der Waals surface area contributed by atoms with Gasteiger partial charge in [0.1, 0.15) is 5.82 Å². The van der Waals surface area contributed by atoms with E-state index >= 15 is 0 Å². The van der Waals surface area contributed by atoms with Gasteiger partial charge in [0.25, 0.3) is 0 Å². The molecular formula is C10H12ClFN4O. The Morgan fingerprint density at radius 2 is 2.18 bits per heavy atom. The summed E-state index contributed by atoms with van der Waals surface area (Å²) in [7, 11) is 0. The van der Waals surface area contributed by atoms with Crippen molar-refractivity contribution in [3.63, 3.8) is 0 Å². The van der Waals surface area contributed by atoms with Crippen molar-refractivity contribution in [3.8, 4) is 0 Å². The Bertz CT molecular complexity index is 472. The van der Waals surface area contributed by atoms with Gasteiger partial charge in [0, 0.05) is 0 Å². The summed E-state index contributed by atoms with van der Waals surface area (Å²) in [5.74, 6) is -0.828. The number of rotatable bonds is 2. The van der Waals surface area contributed by atoms with Crippen LogP contribution in [0.4, 0.5) is 14.9 Å². The molecule has 0 saturated heterocycles. The molecule has 0 atom stereocenters. The standard InChI is InChI=1S/C10H12ClFN4O/c1-2-5-3-6(12)4-7(11)8(5)15-10(17)16-9(13)14/h3-4H,2H2,1H3,(H5,13,14,15,16,17). The van der Waals surface area contributed by atoms with E-state index in [9.17, 15) is 9.18 Å². The van der Waals surface area contributed by atoms with Gasteiger partial charge < -0.3 is 16.8 Å². The first-order chi connectivity index (χ1) is 7.93. The number of hydrogen-bond acceptors (Lipinski definition) is 1. The first kappa shape index (κ1) is 13.2. The van der Waals surface area contributed by atoms with Gasteiger partial charge in [-0.2, -0.15) is 4.99 Å². The Hall–Kier alpha value is -1.82. The van der Waals surface area contributed by atoms with Crippen LogP contribution in [0.3, 0.4) is 0 Å². The Morgan fingerprint density at radius 3 is 2.71 bits per heavy atom. The molecule has 0 fully saturated rings. The van der Waals surface area contributed by atoms with E-state index in [4.69, 9.17) is 23.1 Å². The quantitative estimate of drug-likeness (QED) is 0.558. The number of nitrogens with two attached hydrogens (primary N) is 2. The molecule has 0 bridgehead atoms. The normalized spacial score (nSPS) is 9.82. The molecule has 1 aromatic carbocycles. The molecule has 5 nitrogen and oxygen atoms in total. The Balaban J connectivity index is 3.06. The summed E-state index contributed by atoms with van der Waals surface area (Å²) in [5.41, 5.74) is 11.0. The highest BCUT2D eigenvalue weighted by atomic mass is 35.5. The minimum Gasteiger partial charge on any atom is -0.370 e. The van der Waals surface area contributed by atoms with E-state index in [1.54, 1.807) is 6.92 Å². The van der Waals surface area contributed by atoms with Gasteiger partial charge in [0.2, 0.25) is 0 Å². The number of halogens is 2. The average molecular weight is 259 g/mol. The van der Waals surface area contributed by atoms with E-state index in [0.717, 1.165) is 6.07 Å². The summed E-state index contributed by atoms with van der Waals surface area (Å²) < 4.78 is 13.1. The third kappa shape index (κ3) is 3.60. The molecule has 0 heterocycles. The number of nitrogens with zero attached hydrogens (tertiary/aromatic N) is 1. The SMILES string of the molecule is CCc1cc(F)cc(Cl)c1NC(=O)N=C(N)N. The number of amides is 2. The van der Waals surface area contributed by atoms with E-state index < -0.39 is 11.8 Å². The second-order valence-electron chi connectivity index (χ2n) is 3.24. The van der Waals surface area contributed by atoms with Crippen molar-refractivity contribution < 1.29 is 9.18 Å². The number of carbonyl (C=O) groups is 1. The minimum atomic E-state index is -0.756. The largest absolute Gasteiger partial charge is 0.370 e. The van der Waals surface area contributed by atoms with Gasteiger partial charge >= 0.3 is 6.03 Å². The van der Waals surface area contributed by atoms with E-state index in [-0.39, 0.29) is 11.0 Å². The van der Waals surface area contributed by atoms with Gasteiger partial charge in [-0.05, 0) is 24.1 Å². The second-order valence-corrected chi connectivity index (χ2v) is 3.65. The highest BCUT2D eigenvalue weighted by molar-refractivity contribution is 6.34. The third-order valence-corrected chi connectivity index (χ3v) is 2.28. The lowest BCUT2D eigenvalue weighted by atomic mass is 10.1. The van der Waals surface area contributed by atoms with Crippen LogP contribution in [0.15, 0.2) is 17.1 Å². The van der Waals surface area contributed by atoms with Crippen LogP contribution in [0.25, 0.3) is 0 Å². The molecule has 2 amide bonds. The number of benzene rings is 1. The summed E-state index contributed by atoms with van der Waals surface area (Å²) >= 11 is 5.83. The second kappa shape index (κ2) is 5.49. The van der Waals surface area contributed by atoms with Gasteiger partial charge in [-0.25, -0.2) is 9.18 Å². The number of carbonyl (C=O) groups excluding carboxylic acids is 1. The zero-order valence-corrected chi connectivity index (χ0v) is 9.88. The summed E-state index contributed by atoms with van der Waals surface area (Å²) in [6.45, 7) is 1.81. The number of urea groups is 1. The molecule has 0 saturated carbocycles. The van der Waals surface area contributed by atoms with Crippen LogP contribution in [0.1, 0.15) is 12.5 Å². The number of aryl methyl sites for hydroxylation is 1.